The molecule has 8 nitrogen and oxygen atoms in total. The van der Waals surface area contributed by atoms with Gasteiger partial charge >= 0.3 is 5.97 Å². The molecule has 0 atom stereocenters. The minimum absolute atomic E-state index is 0.0318. The van der Waals surface area contributed by atoms with E-state index in [1.54, 1.807) is 18.2 Å². The van der Waals surface area contributed by atoms with Crippen LogP contribution in [0.1, 0.15) is 11.1 Å². The highest BCUT2D eigenvalue weighted by atomic mass is 16.6. The van der Waals surface area contributed by atoms with Gasteiger partial charge in [-0.05, 0) is 42.0 Å². The molecule has 2 aromatic rings. The number of hydrogen-bond donors (Lipinski definition) is 0. The van der Waals surface area contributed by atoms with Gasteiger partial charge in [0.25, 0.3) is 5.69 Å². The van der Waals surface area contributed by atoms with Crippen molar-refractivity contribution in [3.8, 4) is 11.5 Å². The molecule has 0 spiro atoms. The third kappa shape index (κ3) is 3.39. The molecule has 2 aromatic carbocycles. The summed E-state index contributed by atoms with van der Waals surface area (Å²) in [5.41, 5.74) is 1.22. The van der Waals surface area contributed by atoms with Crippen LogP contribution in [0.25, 0.3) is 6.08 Å². The summed E-state index contributed by atoms with van der Waals surface area (Å²) in [5.74, 6) is 0.566. The zero-order valence-corrected chi connectivity index (χ0v) is 14.0. The number of carbonyl (C=O) groups is 1. The molecule has 3 rings (SSSR count). The smallest absolute Gasteiger partial charge is 0.363 e. The van der Waals surface area contributed by atoms with Crippen molar-refractivity contribution in [3.63, 3.8) is 0 Å². The molecule has 0 aliphatic carbocycles. The number of non-ortho nitro benzene ring substituents is 1. The van der Waals surface area contributed by atoms with Gasteiger partial charge in [0.1, 0.15) is 0 Å². The number of cyclic esters (lactones) is 1. The number of hydrogen-bond acceptors (Lipinski definition) is 7. The molecule has 1 heterocycles. The number of carbonyl (C=O) groups excluding carboxylic acids is 1. The first-order valence-electron chi connectivity index (χ1n) is 7.51. The Morgan fingerprint density at radius 3 is 2.38 bits per heavy atom. The van der Waals surface area contributed by atoms with E-state index in [2.05, 4.69) is 4.99 Å². The topological polar surface area (TPSA) is 100 Å². The lowest BCUT2D eigenvalue weighted by molar-refractivity contribution is -0.384. The first-order valence-corrected chi connectivity index (χ1v) is 7.51. The van der Waals surface area contributed by atoms with Gasteiger partial charge in [0.15, 0.2) is 17.2 Å². The maximum atomic E-state index is 12.0. The predicted octanol–water partition coefficient (Wildman–Crippen LogP) is 2.96. The number of esters is 1. The summed E-state index contributed by atoms with van der Waals surface area (Å²) in [6.45, 7) is 0. The Labute approximate surface area is 148 Å². The van der Waals surface area contributed by atoms with Gasteiger partial charge in [0.05, 0.1) is 19.1 Å². The third-order valence-electron chi connectivity index (χ3n) is 3.66. The van der Waals surface area contributed by atoms with Gasteiger partial charge in [-0.2, -0.15) is 0 Å². The number of benzene rings is 2. The van der Waals surface area contributed by atoms with Gasteiger partial charge < -0.3 is 14.2 Å². The molecule has 26 heavy (non-hydrogen) atoms. The summed E-state index contributed by atoms with van der Waals surface area (Å²) in [6.07, 6.45) is 1.50. The lowest BCUT2D eigenvalue weighted by Gasteiger charge is -2.08. The highest BCUT2D eigenvalue weighted by Gasteiger charge is 2.25. The predicted molar refractivity (Wildman–Crippen MR) is 93.2 cm³/mol. The van der Waals surface area contributed by atoms with Crippen LogP contribution in [0.15, 0.2) is 53.2 Å². The lowest BCUT2D eigenvalue weighted by atomic mass is 10.2. The van der Waals surface area contributed by atoms with Crippen LogP contribution in [0.2, 0.25) is 0 Å². The van der Waals surface area contributed by atoms with Crippen molar-refractivity contribution >= 4 is 23.6 Å². The minimum atomic E-state index is -0.604. The molecule has 0 saturated heterocycles. The summed E-state index contributed by atoms with van der Waals surface area (Å²) in [6, 6.07) is 10.8. The molecule has 0 unspecified atom stereocenters. The third-order valence-corrected chi connectivity index (χ3v) is 3.66. The van der Waals surface area contributed by atoms with Gasteiger partial charge in [-0.15, -0.1) is 0 Å². The number of methoxy groups -OCH3 is 2. The SMILES string of the molecule is COc1ccc(C2=N/C(=C/c3ccc([N+](=O)[O-])cc3)C(=O)O2)cc1OC. The van der Waals surface area contributed by atoms with E-state index in [1.807, 2.05) is 0 Å². The molecule has 0 radical (unpaired) electrons. The average Bonchev–Trinajstić information content (AvgIpc) is 3.02. The average molecular weight is 354 g/mol. The van der Waals surface area contributed by atoms with E-state index in [9.17, 15) is 14.9 Å². The first kappa shape index (κ1) is 17.2. The van der Waals surface area contributed by atoms with Gasteiger partial charge in [-0.25, -0.2) is 9.79 Å². The standard InChI is InChI=1S/C18H14N2O6/c1-24-15-8-5-12(10-16(15)25-2)17-19-14(18(21)26-17)9-11-3-6-13(7-4-11)20(22)23/h3-10H,1-2H3/b14-9+. The van der Waals surface area contributed by atoms with Crippen LogP contribution in [0, 0.1) is 10.1 Å². The second-order valence-electron chi connectivity index (χ2n) is 5.25. The van der Waals surface area contributed by atoms with E-state index < -0.39 is 10.9 Å². The molecule has 0 bridgehead atoms. The van der Waals surface area contributed by atoms with Crippen molar-refractivity contribution in [1.29, 1.82) is 0 Å². The van der Waals surface area contributed by atoms with Crippen LogP contribution >= 0.6 is 0 Å². The van der Waals surface area contributed by atoms with Crippen LogP contribution in [0.5, 0.6) is 11.5 Å². The van der Waals surface area contributed by atoms with Crippen LogP contribution in [0.3, 0.4) is 0 Å². The highest BCUT2D eigenvalue weighted by molar-refractivity contribution is 6.13. The van der Waals surface area contributed by atoms with Crippen LogP contribution < -0.4 is 9.47 Å². The van der Waals surface area contributed by atoms with Crippen molar-refractivity contribution in [2.45, 2.75) is 0 Å². The molecule has 0 saturated carbocycles. The normalized spacial score (nSPS) is 14.8. The molecule has 8 heteroatoms. The molecule has 0 N–H and O–H groups in total. The second-order valence-corrected chi connectivity index (χ2v) is 5.25. The Morgan fingerprint density at radius 1 is 1.08 bits per heavy atom. The first-order chi connectivity index (χ1) is 12.5. The number of nitro groups is 1. The van der Waals surface area contributed by atoms with Crippen molar-refractivity contribution in [3.05, 3.63) is 69.4 Å². The van der Waals surface area contributed by atoms with Crippen molar-refractivity contribution in [1.82, 2.24) is 0 Å². The number of ether oxygens (including phenoxy) is 3. The van der Waals surface area contributed by atoms with Gasteiger partial charge in [-0.1, -0.05) is 0 Å². The van der Waals surface area contributed by atoms with Crippen LogP contribution in [-0.2, 0) is 9.53 Å². The number of rotatable bonds is 5. The Kier molecular flexibility index (Phi) is 4.66. The zero-order valence-electron chi connectivity index (χ0n) is 14.0. The second kappa shape index (κ2) is 7.06. The Hall–Kier alpha value is -3.68. The van der Waals surface area contributed by atoms with E-state index >= 15 is 0 Å². The zero-order chi connectivity index (χ0) is 18.7. The molecule has 0 amide bonds. The quantitative estimate of drug-likeness (QED) is 0.354. The molecule has 1 aliphatic heterocycles. The number of nitro benzene ring substituents is 1. The van der Waals surface area contributed by atoms with E-state index in [0.29, 0.717) is 22.6 Å². The Balaban J connectivity index is 1.90. The Morgan fingerprint density at radius 2 is 1.77 bits per heavy atom. The van der Waals surface area contributed by atoms with Gasteiger partial charge in [0.2, 0.25) is 5.90 Å². The molecule has 0 fully saturated rings. The highest BCUT2D eigenvalue weighted by Crippen LogP contribution is 2.29. The van der Waals surface area contributed by atoms with Crippen molar-refractivity contribution in [2.75, 3.05) is 14.2 Å². The van der Waals surface area contributed by atoms with E-state index in [1.165, 1.54) is 44.6 Å². The largest absolute Gasteiger partial charge is 0.493 e. The lowest BCUT2D eigenvalue weighted by Crippen LogP contribution is -2.05. The Bertz CT molecular complexity index is 931. The summed E-state index contributed by atoms with van der Waals surface area (Å²) < 4.78 is 15.6. The summed E-state index contributed by atoms with van der Waals surface area (Å²) in [5, 5.41) is 10.7. The maximum absolute atomic E-state index is 12.0. The fraction of sp³-hybridized carbons (Fsp3) is 0.111. The van der Waals surface area contributed by atoms with Crippen LogP contribution in [-0.4, -0.2) is 31.0 Å². The van der Waals surface area contributed by atoms with Gasteiger partial charge in [0, 0.05) is 17.7 Å². The maximum Gasteiger partial charge on any atom is 0.363 e. The molecule has 0 aromatic heterocycles. The van der Waals surface area contributed by atoms with E-state index in [4.69, 9.17) is 14.2 Å². The van der Waals surface area contributed by atoms with Gasteiger partial charge in [-0.3, -0.25) is 10.1 Å². The molecule has 132 valence electrons. The molecular weight excluding hydrogens is 340 g/mol. The van der Waals surface area contributed by atoms with Crippen molar-refractivity contribution in [2.24, 2.45) is 4.99 Å². The number of aliphatic imine (C=N–C) groups is 1. The minimum Gasteiger partial charge on any atom is -0.493 e. The summed E-state index contributed by atoms with van der Waals surface area (Å²) >= 11 is 0. The van der Waals surface area contributed by atoms with E-state index in [-0.39, 0.29) is 17.3 Å². The fourth-order valence-electron chi connectivity index (χ4n) is 2.35. The fourth-order valence-corrected chi connectivity index (χ4v) is 2.35. The molecular formula is C18H14N2O6. The van der Waals surface area contributed by atoms with Crippen molar-refractivity contribution < 1.29 is 23.9 Å². The molecule has 1 aliphatic rings. The summed E-state index contributed by atoms with van der Waals surface area (Å²) in [7, 11) is 3.03. The monoisotopic (exact) mass is 354 g/mol. The van der Waals surface area contributed by atoms with Crippen LogP contribution in [0.4, 0.5) is 5.69 Å². The number of nitrogens with zero attached hydrogens (tertiary/aromatic N) is 2. The van der Waals surface area contributed by atoms with E-state index in [0.717, 1.165) is 0 Å². The summed E-state index contributed by atoms with van der Waals surface area (Å²) in [4.78, 5) is 26.4.